The number of benzene rings is 1. The summed E-state index contributed by atoms with van der Waals surface area (Å²) >= 11 is 0. The first-order chi connectivity index (χ1) is 7.50. The molecule has 0 saturated heterocycles. The molecule has 0 fully saturated rings. The zero-order valence-electron chi connectivity index (χ0n) is 8.95. The lowest BCUT2D eigenvalue weighted by Gasteiger charge is -2.01. The summed E-state index contributed by atoms with van der Waals surface area (Å²) in [6.45, 7) is 0. The highest BCUT2D eigenvalue weighted by molar-refractivity contribution is 5.98. The van der Waals surface area contributed by atoms with Gasteiger partial charge in [0.25, 0.3) is 11.6 Å². The molecule has 1 rings (SSSR count). The maximum absolute atomic E-state index is 11.4. The van der Waals surface area contributed by atoms with E-state index in [0.29, 0.717) is 5.56 Å². The average Bonchev–Trinajstić information content (AvgIpc) is 2.26. The van der Waals surface area contributed by atoms with Crippen molar-refractivity contribution in [1.82, 2.24) is 4.90 Å². The maximum Gasteiger partial charge on any atom is 0.278 e. The molecule has 1 aromatic carbocycles. The van der Waals surface area contributed by atoms with Gasteiger partial charge in [0.2, 0.25) is 0 Å². The molecule has 0 spiro atoms. The first-order valence-electron chi connectivity index (χ1n) is 4.50. The van der Waals surface area contributed by atoms with Gasteiger partial charge >= 0.3 is 0 Å². The number of carbonyl (C=O) groups excluding carboxylic acids is 1. The van der Waals surface area contributed by atoms with Crippen LogP contribution in [0.3, 0.4) is 0 Å². The zero-order chi connectivity index (χ0) is 12.1. The molecule has 0 atom stereocenters. The average molecular weight is 221 g/mol. The van der Waals surface area contributed by atoms with E-state index in [4.69, 9.17) is 0 Å². The Bertz CT molecular complexity index is 423. The fourth-order valence-corrected chi connectivity index (χ4v) is 0.968. The van der Waals surface area contributed by atoms with Crippen LogP contribution < -0.4 is 0 Å². The minimum atomic E-state index is -0.517. The summed E-state index contributed by atoms with van der Waals surface area (Å²) < 4.78 is 0. The number of aliphatic imine (C=N–C) groups is 1. The summed E-state index contributed by atoms with van der Waals surface area (Å²) in [5.41, 5.74) is 0.275. The fourth-order valence-electron chi connectivity index (χ4n) is 0.968. The van der Waals surface area contributed by atoms with Crippen molar-refractivity contribution in [2.45, 2.75) is 0 Å². The highest BCUT2D eigenvalue weighted by Crippen LogP contribution is 2.12. The van der Waals surface area contributed by atoms with Crippen LogP contribution in [0.25, 0.3) is 0 Å². The van der Waals surface area contributed by atoms with E-state index in [0.717, 1.165) is 0 Å². The lowest BCUT2D eigenvalue weighted by Crippen LogP contribution is -2.09. The van der Waals surface area contributed by atoms with E-state index in [1.807, 2.05) is 0 Å². The van der Waals surface area contributed by atoms with Gasteiger partial charge in [-0.15, -0.1) is 0 Å². The molecular formula is C10H11N3O3. The van der Waals surface area contributed by atoms with Gasteiger partial charge in [0.1, 0.15) is 0 Å². The Morgan fingerprint density at radius 2 is 1.94 bits per heavy atom. The highest BCUT2D eigenvalue weighted by atomic mass is 16.6. The molecular weight excluding hydrogens is 210 g/mol. The number of hydrogen-bond donors (Lipinski definition) is 0. The van der Waals surface area contributed by atoms with Crippen LogP contribution in [-0.2, 0) is 0 Å². The predicted octanol–water partition coefficient (Wildman–Crippen LogP) is 1.32. The number of nitrogens with zero attached hydrogens (tertiary/aromatic N) is 3. The first-order valence-corrected chi connectivity index (χ1v) is 4.50. The number of hydrogen-bond acceptors (Lipinski definition) is 3. The maximum atomic E-state index is 11.4. The SMILES string of the molecule is CN(C)C=NC(=O)c1ccc([N+](=O)[O-])cc1. The van der Waals surface area contributed by atoms with E-state index in [-0.39, 0.29) is 5.69 Å². The van der Waals surface area contributed by atoms with Crippen molar-refractivity contribution in [1.29, 1.82) is 0 Å². The highest BCUT2D eigenvalue weighted by Gasteiger charge is 2.07. The summed E-state index contributed by atoms with van der Waals surface area (Å²) in [5.74, 6) is -0.427. The van der Waals surface area contributed by atoms with Crippen LogP contribution in [0.2, 0.25) is 0 Å². The molecule has 0 heterocycles. The van der Waals surface area contributed by atoms with Crippen LogP contribution in [0, 0.1) is 10.1 Å². The lowest BCUT2D eigenvalue weighted by molar-refractivity contribution is -0.384. The van der Waals surface area contributed by atoms with Crippen molar-refractivity contribution in [3.05, 3.63) is 39.9 Å². The van der Waals surface area contributed by atoms with Gasteiger partial charge in [0.15, 0.2) is 0 Å². The first kappa shape index (κ1) is 11.8. The van der Waals surface area contributed by atoms with Gasteiger partial charge in [-0.1, -0.05) is 0 Å². The number of nitro groups is 1. The Labute approximate surface area is 92.4 Å². The van der Waals surface area contributed by atoms with Crippen LogP contribution in [-0.4, -0.2) is 36.2 Å². The van der Waals surface area contributed by atoms with Crippen LogP contribution in [0.5, 0.6) is 0 Å². The van der Waals surface area contributed by atoms with E-state index in [9.17, 15) is 14.9 Å². The van der Waals surface area contributed by atoms with Crippen molar-refractivity contribution in [2.24, 2.45) is 4.99 Å². The number of carbonyl (C=O) groups is 1. The van der Waals surface area contributed by atoms with Gasteiger partial charge in [0, 0.05) is 31.8 Å². The second-order valence-electron chi connectivity index (χ2n) is 3.32. The smallest absolute Gasteiger partial charge is 0.278 e. The summed E-state index contributed by atoms with van der Waals surface area (Å²) in [7, 11) is 3.49. The third kappa shape index (κ3) is 3.16. The molecule has 0 unspecified atom stereocenters. The van der Waals surface area contributed by atoms with Crippen LogP contribution in [0.15, 0.2) is 29.3 Å². The molecule has 0 aromatic heterocycles. The molecule has 0 aliphatic rings. The third-order valence-corrected chi connectivity index (χ3v) is 1.73. The van der Waals surface area contributed by atoms with Crippen molar-refractivity contribution < 1.29 is 9.72 Å². The molecule has 0 aliphatic carbocycles. The molecule has 0 saturated carbocycles. The predicted molar refractivity (Wildman–Crippen MR) is 59.6 cm³/mol. The number of non-ortho nitro benzene ring substituents is 1. The van der Waals surface area contributed by atoms with Gasteiger partial charge < -0.3 is 4.90 Å². The molecule has 1 aromatic rings. The molecule has 6 nitrogen and oxygen atoms in total. The van der Waals surface area contributed by atoms with Gasteiger partial charge in [-0.05, 0) is 12.1 Å². The quantitative estimate of drug-likeness (QED) is 0.334. The van der Waals surface area contributed by atoms with Crippen molar-refractivity contribution in [3.8, 4) is 0 Å². The molecule has 0 radical (unpaired) electrons. The lowest BCUT2D eigenvalue weighted by atomic mass is 10.2. The Morgan fingerprint density at radius 1 is 1.38 bits per heavy atom. The molecule has 0 N–H and O–H groups in total. The molecule has 1 amide bonds. The van der Waals surface area contributed by atoms with Crippen molar-refractivity contribution in [3.63, 3.8) is 0 Å². The fraction of sp³-hybridized carbons (Fsp3) is 0.200. The zero-order valence-corrected chi connectivity index (χ0v) is 8.95. The van der Waals surface area contributed by atoms with Gasteiger partial charge in [-0.3, -0.25) is 14.9 Å². The van der Waals surface area contributed by atoms with E-state index < -0.39 is 10.8 Å². The Morgan fingerprint density at radius 3 is 2.38 bits per heavy atom. The minimum absolute atomic E-state index is 0.0480. The van der Waals surface area contributed by atoms with Crippen LogP contribution >= 0.6 is 0 Å². The molecule has 16 heavy (non-hydrogen) atoms. The molecule has 84 valence electrons. The number of amides is 1. The van der Waals surface area contributed by atoms with Gasteiger partial charge in [-0.25, -0.2) is 0 Å². The Kier molecular flexibility index (Phi) is 3.71. The third-order valence-electron chi connectivity index (χ3n) is 1.73. The Balaban J connectivity index is 2.82. The van der Waals surface area contributed by atoms with Crippen LogP contribution in [0.1, 0.15) is 10.4 Å². The molecule has 0 bridgehead atoms. The number of nitro benzene ring substituents is 1. The monoisotopic (exact) mass is 221 g/mol. The van der Waals surface area contributed by atoms with E-state index >= 15 is 0 Å². The van der Waals surface area contributed by atoms with Crippen molar-refractivity contribution >= 4 is 17.9 Å². The van der Waals surface area contributed by atoms with E-state index in [2.05, 4.69) is 4.99 Å². The Hall–Kier alpha value is -2.24. The second-order valence-corrected chi connectivity index (χ2v) is 3.32. The second kappa shape index (κ2) is 5.01. The summed E-state index contributed by atoms with van der Waals surface area (Å²) in [6, 6.07) is 5.32. The normalized spacial score (nSPS) is 10.4. The number of rotatable bonds is 3. The van der Waals surface area contributed by atoms with Crippen LogP contribution in [0.4, 0.5) is 5.69 Å². The molecule has 0 aliphatic heterocycles. The standard InChI is InChI=1S/C10H11N3O3/c1-12(2)7-11-10(14)8-3-5-9(6-4-8)13(15)16/h3-7H,1-2H3. The topological polar surface area (TPSA) is 75.8 Å². The molecule has 6 heteroatoms. The van der Waals surface area contributed by atoms with Gasteiger partial charge in [-0.2, -0.15) is 4.99 Å². The van der Waals surface area contributed by atoms with Gasteiger partial charge in [0.05, 0.1) is 11.3 Å². The minimum Gasteiger partial charge on any atom is -0.369 e. The largest absolute Gasteiger partial charge is 0.369 e. The van der Waals surface area contributed by atoms with E-state index in [1.54, 1.807) is 19.0 Å². The summed E-state index contributed by atoms with van der Waals surface area (Å²) in [6.07, 6.45) is 1.38. The van der Waals surface area contributed by atoms with E-state index in [1.165, 1.54) is 30.6 Å². The van der Waals surface area contributed by atoms with Crippen molar-refractivity contribution in [2.75, 3.05) is 14.1 Å². The summed E-state index contributed by atoms with van der Waals surface area (Å²) in [5, 5.41) is 10.4. The summed E-state index contributed by atoms with van der Waals surface area (Å²) in [4.78, 5) is 26.6.